The Balaban J connectivity index is 1.50. The van der Waals surface area contributed by atoms with Gasteiger partial charge in [0.05, 0.1) is 14.2 Å². The summed E-state index contributed by atoms with van der Waals surface area (Å²) in [6.07, 6.45) is 4.33. The fourth-order valence-corrected chi connectivity index (χ4v) is 3.31. The lowest BCUT2D eigenvalue weighted by Gasteiger charge is -2.16. The van der Waals surface area contributed by atoms with Gasteiger partial charge in [0.25, 0.3) is 0 Å². The number of methoxy groups -OCH3 is 2. The number of carbonyl (C=O) groups is 1. The van der Waals surface area contributed by atoms with Gasteiger partial charge in [-0.25, -0.2) is 0 Å². The number of hydrogen-bond acceptors (Lipinski definition) is 4. The van der Waals surface area contributed by atoms with Gasteiger partial charge in [-0.2, -0.15) is 0 Å². The van der Waals surface area contributed by atoms with Crippen molar-refractivity contribution in [1.29, 1.82) is 0 Å². The van der Waals surface area contributed by atoms with Crippen LogP contribution in [0.2, 0.25) is 0 Å². The van der Waals surface area contributed by atoms with E-state index in [1.54, 1.807) is 26.4 Å². The maximum absolute atomic E-state index is 12.2. The lowest BCUT2D eigenvalue weighted by Crippen LogP contribution is -2.35. The zero-order chi connectivity index (χ0) is 19.1. The first-order valence-corrected chi connectivity index (χ1v) is 9.15. The Morgan fingerprint density at radius 3 is 2.67 bits per heavy atom. The van der Waals surface area contributed by atoms with Gasteiger partial charge in [-0.15, -0.1) is 0 Å². The lowest BCUT2D eigenvalue weighted by atomic mass is 10.2. The molecule has 1 unspecified atom stereocenters. The van der Waals surface area contributed by atoms with Gasteiger partial charge >= 0.3 is 0 Å². The minimum Gasteiger partial charge on any atom is -0.493 e. The van der Waals surface area contributed by atoms with Gasteiger partial charge in [-0.1, -0.05) is 36.4 Å². The predicted octanol–water partition coefficient (Wildman–Crippen LogP) is 3.11. The van der Waals surface area contributed by atoms with E-state index in [-0.39, 0.29) is 11.9 Å². The minimum absolute atomic E-state index is 0.0728. The van der Waals surface area contributed by atoms with E-state index in [0.29, 0.717) is 11.5 Å². The highest BCUT2D eigenvalue weighted by molar-refractivity contribution is 5.92. The number of benzene rings is 2. The third-order valence-corrected chi connectivity index (χ3v) is 4.70. The van der Waals surface area contributed by atoms with Crippen molar-refractivity contribution in [1.82, 2.24) is 10.2 Å². The fraction of sp³-hybridized carbons (Fsp3) is 0.318. The molecule has 1 N–H and O–H groups in total. The topological polar surface area (TPSA) is 50.8 Å². The number of carbonyl (C=O) groups excluding carboxylic acids is 1. The van der Waals surface area contributed by atoms with Crippen LogP contribution in [0.1, 0.15) is 17.5 Å². The van der Waals surface area contributed by atoms with Crippen molar-refractivity contribution in [3.05, 3.63) is 65.7 Å². The summed E-state index contributed by atoms with van der Waals surface area (Å²) in [6.45, 7) is 2.80. The van der Waals surface area contributed by atoms with Crippen molar-refractivity contribution in [3.63, 3.8) is 0 Å². The fourth-order valence-electron chi connectivity index (χ4n) is 3.31. The Bertz CT molecular complexity index is 789. The zero-order valence-electron chi connectivity index (χ0n) is 15.9. The second-order valence-electron chi connectivity index (χ2n) is 6.66. The second-order valence-corrected chi connectivity index (χ2v) is 6.66. The summed E-state index contributed by atoms with van der Waals surface area (Å²) in [4.78, 5) is 14.6. The highest BCUT2D eigenvalue weighted by Crippen LogP contribution is 2.27. The van der Waals surface area contributed by atoms with E-state index in [1.807, 2.05) is 24.3 Å². The Kier molecular flexibility index (Phi) is 6.49. The molecule has 0 spiro atoms. The van der Waals surface area contributed by atoms with Crippen LogP contribution in [-0.4, -0.2) is 44.2 Å². The van der Waals surface area contributed by atoms with E-state index < -0.39 is 0 Å². The van der Waals surface area contributed by atoms with Gasteiger partial charge in [0.15, 0.2) is 11.5 Å². The molecule has 1 aliphatic heterocycles. The average molecular weight is 366 g/mol. The third kappa shape index (κ3) is 5.34. The molecule has 1 aliphatic rings. The number of nitrogens with zero attached hydrogens (tertiary/aromatic N) is 1. The molecule has 5 nitrogen and oxygen atoms in total. The van der Waals surface area contributed by atoms with Crippen LogP contribution in [0.25, 0.3) is 6.08 Å². The number of amides is 1. The molecule has 1 fully saturated rings. The van der Waals surface area contributed by atoms with E-state index in [1.165, 1.54) is 5.56 Å². The van der Waals surface area contributed by atoms with Crippen molar-refractivity contribution >= 4 is 12.0 Å². The molecule has 27 heavy (non-hydrogen) atoms. The highest BCUT2D eigenvalue weighted by atomic mass is 16.5. The van der Waals surface area contributed by atoms with Crippen molar-refractivity contribution in [2.75, 3.05) is 27.3 Å². The van der Waals surface area contributed by atoms with Crippen molar-refractivity contribution in [3.8, 4) is 11.5 Å². The summed E-state index contributed by atoms with van der Waals surface area (Å²) in [5, 5.41) is 3.09. The molecule has 0 radical (unpaired) electrons. The lowest BCUT2D eigenvalue weighted by molar-refractivity contribution is -0.117. The first-order valence-electron chi connectivity index (χ1n) is 9.15. The normalized spacial score (nSPS) is 17.2. The van der Waals surface area contributed by atoms with Gasteiger partial charge < -0.3 is 14.8 Å². The maximum Gasteiger partial charge on any atom is 0.244 e. The molecule has 142 valence electrons. The summed E-state index contributed by atoms with van der Waals surface area (Å²) >= 11 is 0. The van der Waals surface area contributed by atoms with Crippen LogP contribution in [0.5, 0.6) is 11.5 Å². The minimum atomic E-state index is -0.0728. The summed E-state index contributed by atoms with van der Waals surface area (Å²) in [6, 6.07) is 16.2. The van der Waals surface area contributed by atoms with Crippen molar-refractivity contribution < 1.29 is 14.3 Å². The Hall–Kier alpha value is -2.79. The summed E-state index contributed by atoms with van der Waals surface area (Å²) in [5.74, 6) is 1.24. The van der Waals surface area contributed by atoms with Gasteiger partial charge in [0.1, 0.15) is 0 Å². The standard InChI is InChI=1S/C22H26N2O3/c1-26-20-10-8-17(14-21(20)27-2)9-11-22(25)23-19-12-13-24(16-19)15-18-6-4-3-5-7-18/h3-11,14,19H,12-13,15-16H2,1-2H3,(H,23,25)/b11-9+. The Morgan fingerprint density at radius 2 is 1.93 bits per heavy atom. The molecule has 5 heteroatoms. The number of likely N-dealkylation sites (tertiary alicyclic amines) is 1. The molecular formula is C22H26N2O3. The number of ether oxygens (including phenoxy) is 2. The summed E-state index contributed by atoms with van der Waals surface area (Å²) in [7, 11) is 3.20. The van der Waals surface area contributed by atoms with E-state index in [2.05, 4.69) is 34.5 Å². The molecule has 1 atom stereocenters. The van der Waals surface area contributed by atoms with Crippen LogP contribution in [-0.2, 0) is 11.3 Å². The Labute approximate surface area is 160 Å². The van der Waals surface area contributed by atoms with Gasteiger partial charge in [0, 0.05) is 31.8 Å². The molecule has 1 saturated heterocycles. The van der Waals surface area contributed by atoms with Gasteiger partial charge in [-0.05, 0) is 35.8 Å². The number of rotatable bonds is 7. The van der Waals surface area contributed by atoms with Crippen LogP contribution in [0.3, 0.4) is 0 Å². The first-order chi connectivity index (χ1) is 13.2. The average Bonchev–Trinajstić information content (AvgIpc) is 3.13. The van der Waals surface area contributed by atoms with Gasteiger partial charge in [0.2, 0.25) is 5.91 Å². The van der Waals surface area contributed by atoms with E-state index in [4.69, 9.17) is 9.47 Å². The quantitative estimate of drug-likeness (QED) is 0.765. The van der Waals surface area contributed by atoms with E-state index in [0.717, 1.165) is 31.6 Å². The Morgan fingerprint density at radius 1 is 1.15 bits per heavy atom. The highest BCUT2D eigenvalue weighted by Gasteiger charge is 2.23. The maximum atomic E-state index is 12.2. The van der Waals surface area contributed by atoms with Crippen LogP contribution < -0.4 is 14.8 Å². The van der Waals surface area contributed by atoms with E-state index >= 15 is 0 Å². The molecule has 2 aromatic carbocycles. The van der Waals surface area contributed by atoms with Crippen LogP contribution in [0.4, 0.5) is 0 Å². The van der Waals surface area contributed by atoms with Gasteiger partial charge in [-0.3, -0.25) is 9.69 Å². The van der Waals surface area contributed by atoms with Crippen LogP contribution in [0, 0.1) is 0 Å². The number of hydrogen-bond donors (Lipinski definition) is 1. The SMILES string of the molecule is COc1ccc(/C=C/C(=O)NC2CCN(Cc3ccccc3)C2)cc1OC. The molecule has 0 saturated carbocycles. The summed E-state index contributed by atoms with van der Waals surface area (Å²) < 4.78 is 10.5. The largest absolute Gasteiger partial charge is 0.493 e. The third-order valence-electron chi connectivity index (χ3n) is 4.70. The van der Waals surface area contributed by atoms with Crippen molar-refractivity contribution in [2.24, 2.45) is 0 Å². The van der Waals surface area contributed by atoms with Crippen LogP contribution >= 0.6 is 0 Å². The second kappa shape index (κ2) is 9.24. The molecule has 3 rings (SSSR count). The molecular weight excluding hydrogens is 340 g/mol. The number of nitrogens with one attached hydrogen (secondary N) is 1. The van der Waals surface area contributed by atoms with Crippen molar-refractivity contribution in [2.45, 2.75) is 19.0 Å². The molecule has 1 heterocycles. The zero-order valence-corrected chi connectivity index (χ0v) is 15.9. The monoisotopic (exact) mass is 366 g/mol. The molecule has 1 amide bonds. The summed E-state index contributed by atoms with van der Waals surface area (Å²) in [5.41, 5.74) is 2.19. The smallest absolute Gasteiger partial charge is 0.244 e. The molecule has 2 aromatic rings. The molecule has 0 aromatic heterocycles. The van der Waals surface area contributed by atoms with Crippen LogP contribution in [0.15, 0.2) is 54.6 Å². The molecule has 0 bridgehead atoms. The molecule has 0 aliphatic carbocycles. The predicted molar refractivity (Wildman–Crippen MR) is 107 cm³/mol. The first kappa shape index (κ1) is 19.0. The van der Waals surface area contributed by atoms with E-state index in [9.17, 15) is 4.79 Å².